The van der Waals surface area contributed by atoms with E-state index in [9.17, 15) is 0 Å². The van der Waals surface area contributed by atoms with E-state index in [0.29, 0.717) is 5.41 Å². The van der Waals surface area contributed by atoms with Gasteiger partial charge in [-0.2, -0.15) is 0 Å². The largest absolute Gasteiger partial charge is 0.497 e. The van der Waals surface area contributed by atoms with Gasteiger partial charge in [0.2, 0.25) is 0 Å². The molecule has 1 N–H and O–H groups in total. The topological polar surface area (TPSA) is 21.3 Å². The van der Waals surface area contributed by atoms with Crippen LogP contribution in [0.4, 0.5) is 5.69 Å². The highest BCUT2D eigenvalue weighted by atomic mass is 32.2. The Morgan fingerprint density at radius 1 is 1.40 bits per heavy atom. The van der Waals surface area contributed by atoms with Gasteiger partial charge >= 0.3 is 0 Å². The summed E-state index contributed by atoms with van der Waals surface area (Å²) in [6.07, 6.45) is 0. The van der Waals surface area contributed by atoms with Crippen molar-refractivity contribution in [3.8, 4) is 5.75 Å². The molecule has 0 atom stereocenters. The molecule has 2 rings (SSSR count). The third-order valence-corrected chi connectivity index (χ3v) is 4.16. The molecular weight excluding hydrogens is 206 g/mol. The summed E-state index contributed by atoms with van der Waals surface area (Å²) >= 11 is 1.92. The third-order valence-electron chi connectivity index (χ3n) is 2.56. The summed E-state index contributed by atoms with van der Waals surface area (Å²) in [5.41, 5.74) is 1.54. The van der Waals surface area contributed by atoms with Crippen LogP contribution in [0.5, 0.6) is 5.75 Å². The molecule has 0 saturated heterocycles. The summed E-state index contributed by atoms with van der Waals surface area (Å²) in [4.78, 5) is 1.32. The molecule has 15 heavy (non-hydrogen) atoms. The van der Waals surface area contributed by atoms with E-state index in [4.69, 9.17) is 4.74 Å². The summed E-state index contributed by atoms with van der Waals surface area (Å²) in [6.45, 7) is 5.59. The van der Waals surface area contributed by atoms with Crippen LogP contribution in [0.3, 0.4) is 0 Å². The van der Waals surface area contributed by atoms with Crippen LogP contribution in [0.1, 0.15) is 13.8 Å². The second-order valence-electron chi connectivity index (χ2n) is 4.67. The number of benzene rings is 1. The average molecular weight is 223 g/mol. The van der Waals surface area contributed by atoms with Gasteiger partial charge in [0.05, 0.1) is 12.8 Å². The lowest BCUT2D eigenvalue weighted by atomic mass is 9.96. The first-order valence-electron chi connectivity index (χ1n) is 5.15. The summed E-state index contributed by atoms with van der Waals surface area (Å²) in [5.74, 6) is 2.07. The number of anilines is 1. The number of hydrogen-bond donors (Lipinski definition) is 1. The van der Waals surface area contributed by atoms with E-state index in [1.807, 2.05) is 17.8 Å². The minimum absolute atomic E-state index is 0.344. The molecule has 0 unspecified atom stereocenters. The van der Waals surface area contributed by atoms with Crippen molar-refractivity contribution >= 4 is 17.4 Å². The van der Waals surface area contributed by atoms with E-state index in [-0.39, 0.29) is 0 Å². The minimum atomic E-state index is 0.344. The Balaban J connectivity index is 2.27. The molecule has 0 radical (unpaired) electrons. The first-order chi connectivity index (χ1) is 7.11. The number of fused-ring (bicyclic) bond motifs is 1. The lowest BCUT2D eigenvalue weighted by Crippen LogP contribution is -2.23. The lowest BCUT2D eigenvalue weighted by Gasteiger charge is -2.21. The highest BCUT2D eigenvalue weighted by Gasteiger charge is 2.22. The number of thioether (sulfide) groups is 1. The van der Waals surface area contributed by atoms with Gasteiger partial charge in [-0.3, -0.25) is 0 Å². The normalized spacial score (nSPS) is 18.6. The molecule has 1 aromatic carbocycles. The van der Waals surface area contributed by atoms with Crippen LogP contribution in [0.2, 0.25) is 0 Å². The van der Waals surface area contributed by atoms with E-state index in [0.717, 1.165) is 18.0 Å². The number of nitrogens with one attached hydrogen (secondary N) is 1. The second kappa shape index (κ2) is 3.97. The Kier molecular flexibility index (Phi) is 2.83. The van der Waals surface area contributed by atoms with Crippen molar-refractivity contribution in [1.82, 2.24) is 0 Å². The Bertz CT molecular complexity index is 363. The van der Waals surface area contributed by atoms with Crippen LogP contribution < -0.4 is 10.1 Å². The fourth-order valence-corrected chi connectivity index (χ4v) is 2.66. The van der Waals surface area contributed by atoms with Crippen LogP contribution in [0.15, 0.2) is 23.1 Å². The Hall–Kier alpha value is -0.830. The van der Waals surface area contributed by atoms with Gasteiger partial charge < -0.3 is 10.1 Å². The fraction of sp³-hybridized carbons (Fsp3) is 0.500. The molecule has 0 aliphatic carbocycles. The van der Waals surface area contributed by atoms with Crippen LogP contribution >= 0.6 is 11.8 Å². The van der Waals surface area contributed by atoms with E-state index in [1.165, 1.54) is 10.6 Å². The summed E-state index contributed by atoms with van der Waals surface area (Å²) in [6, 6.07) is 6.22. The first-order valence-corrected chi connectivity index (χ1v) is 6.14. The van der Waals surface area contributed by atoms with Gasteiger partial charge in [-0.05, 0) is 17.5 Å². The highest BCUT2D eigenvalue weighted by Crippen LogP contribution is 2.38. The maximum Gasteiger partial charge on any atom is 0.121 e. The van der Waals surface area contributed by atoms with E-state index >= 15 is 0 Å². The van der Waals surface area contributed by atoms with E-state index in [1.54, 1.807) is 7.11 Å². The maximum absolute atomic E-state index is 5.22. The zero-order chi connectivity index (χ0) is 10.9. The summed E-state index contributed by atoms with van der Waals surface area (Å²) < 4.78 is 5.22. The highest BCUT2D eigenvalue weighted by molar-refractivity contribution is 7.99. The maximum atomic E-state index is 5.22. The molecule has 1 aliphatic rings. The van der Waals surface area contributed by atoms with Gasteiger partial charge in [0.25, 0.3) is 0 Å². The molecular formula is C12H17NOS. The molecule has 3 heteroatoms. The zero-order valence-electron chi connectivity index (χ0n) is 9.46. The molecule has 0 amide bonds. The van der Waals surface area contributed by atoms with Gasteiger partial charge in [0.15, 0.2) is 0 Å². The predicted octanol–water partition coefficient (Wildman–Crippen LogP) is 3.24. The molecule has 2 nitrogen and oxygen atoms in total. The van der Waals surface area contributed by atoms with E-state index in [2.05, 4.69) is 31.3 Å². The zero-order valence-corrected chi connectivity index (χ0v) is 10.3. The standard InChI is InChI=1S/C12H17NOS/c1-12(2)7-13-10-6-9(14-3)4-5-11(10)15-8-12/h4-6,13H,7-8H2,1-3H3. The molecule has 0 fully saturated rings. The van der Waals surface area contributed by atoms with Gasteiger partial charge in [-0.15, -0.1) is 11.8 Å². The monoisotopic (exact) mass is 223 g/mol. The minimum Gasteiger partial charge on any atom is -0.497 e. The van der Waals surface area contributed by atoms with Crippen LogP contribution in [0.25, 0.3) is 0 Å². The van der Waals surface area contributed by atoms with Crippen molar-refractivity contribution in [1.29, 1.82) is 0 Å². The van der Waals surface area contributed by atoms with Gasteiger partial charge in [0, 0.05) is 23.3 Å². The molecule has 0 spiro atoms. The quantitative estimate of drug-likeness (QED) is 0.789. The van der Waals surface area contributed by atoms with Gasteiger partial charge in [-0.25, -0.2) is 0 Å². The van der Waals surface area contributed by atoms with Crippen molar-refractivity contribution in [2.24, 2.45) is 5.41 Å². The SMILES string of the molecule is COc1ccc2c(c1)NCC(C)(C)CS2. The smallest absolute Gasteiger partial charge is 0.121 e. The van der Waals surface area contributed by atoms with Gasteiger partial charge in [-0.1, -0.05) is 13.8 Å². The molecule has 0 saturated carbocycles. The van der Waals surface area contributed by atoms with Crippen LogP contribution in [-0.4, -0.2) is 19.4 Å². The van der Waals surface area contributed by atoms with Crippen LogP contribution in [0, 0.1) is 5.41 Å². The molecule has 82 valence electrons. The predicted molar refractivity (Wildman–Crippen MR) is 66.0 cm³/mol. The van der Waals surface area contributed by atoms with Crippen molar-refractivity contribution in [3.05, 3.63) is 18.2 Å². The Morgan fingerprint density at radius 3 is 2.93 bits per heavy atom. The van der Waals surface area contributed by atoms with E-state index < -0.39 is 0 Å². The Morgan fingerprint density at radius 2 is 2.20 bits per heavy atom. The summed E-state index contributed by atoms with van der Waals surface area (Å²) in [5, 5.41) is 3.49. The number of methoxy groups -OCH3 is 1. The van der Waals surface area contributed by atoms with Crippen molar-refractivity contribution in [2.75, 3.05) is 24.7 Å². The lowest BCUT2D eigenvalue weighted by molar-refractivity contribution is 0.414. The number of rotatable bonds is 1. The number of ether oxygens (including phenoxy) is 1. The molecule has 0 bridgehead atoms. The molecule has 1 aliphatic heterocycles. The molecule has 0 aromatic heterocycles. The van der Waals surface area contributed by atoms with Gasteiger partial charge in [0.1, 0.15) is 5.75 Å². The van der Waals surface area contributed by atoms with Crippen molar-refractivity contribution < 1.29 is 4.74 Å². The van der Waals surface area contributed by atoms with Crippen LogP contribution in [-0.2, 0) is 0 Å². The number of hydrogen-bond acceptors (Lipinski definition) is 3. The Labute approximate surface area is 95.4 Å². The molecule has 1 heterocycles. The third kappa shape index (κ3) is 2.40. The second-order valence-corrected chi connectivity index (χ2v) is 5.69. The first kappa shape index (κ1) is 10.7. The molecule has 1 aromatic rings. The summed E-state index contributed by atoms with van der Waals surface area (Å²) in [7, 11) is 1.70. The van der Waals surface area contributed by atoms with Crippen molar-refractivity contribution in [3.63, 3.8) is 0 Å². The average Bonchev–Trinajstić information content (AvgIpc) is 2.38. The fourth-order valence-electron chi connectivity index (χ4n) is 1.56. The van der Waals surface area contributed by atoms with Crippen molar-refractivity contribution in [2.45, 2.75) is 18.7 Å².